The molecule has 16 heavy (non-hydrogen) atoms. The first-order valence-electron chi connectivity index (χ1n) is 4.57. The topological polar surface area (TPSA) is 50.2 Å². The zero-order valence-electron chi connectivity index (χ0n) is 8.18. The van der Waals surface area contributed by atoms with Gasteiger partial charge in [0.05, 0.1) is 11.2 Å². The Kier molecular flexibility index (Phi) is 2.96. The number of rotatable bonds is 3. The maximum atomic E-state index is 12.7. The molecule has 5 heteroatoms. The molecule has 1 aromatic carbocycles. The highest BCUT2D eigenvalue weighted by Gasteiger charge is 2.13. The normalized spacial score (nSPS) is 10.3. The summed E-state index contributed by atoms with van der Waals surface area (Å²) in [6.07, 6.45) is 0.408. The van der Waals surface area contributed by atoms with E-state index in [2.05, 4.69) is 4.98 Å². The van der Waals surface area contributed by atoms with Gasteiger partial charge in [-0.05, 0) is 17.7 Å². The number of aromatic nitrogens is 1. The second-order valence-electron chi connectivity index (χ2n) is 3.24. The highest BCUT2D eigenvalue weighted by atomic mass is 32.1. The fourth-order valence-corrected chi connectivity index (χ4v) is 2.01. The average Bonchev–Trinajstić information content (AvgIpc) is 2.69. The van der Waals surface area contributed by atoms with Gasteiger partial charge >= 0.3 is 5.97 Å². The van der Waals surface area contributed by atoms with E-state index in [0.29, 0.717) is 12.1 Å². The lowest BCUT2D eigenvalue weighted by molar-refractivity contribution is 0.0701. The molecule has 0 spiro atoms. The first kappa shape index (κ1) is 10.8. The van der Waals surface area contributed by atoms with E-state index in [9.17, 15) is 9.18 Å². The van der Waals surface area contributed by atoms with Gasteiger partial charge in [0.15, 0.2) is 0 Å². The second kappa shape index (κ2) is 4.40. The molecule has 0 atom stereocenters. The summed E-state index contributed by atoms with van der Waals surface area (Å²) in [5.41, 5.74) is 2.86. The van der Waals surface area contributed by atoms with Crippen LogP contribution >= 0.6 is 11.3 Å². The van der Waals surface area contributed by atoms with Crippen LogP contribution in [0, 0.1) is 5.82 Å². The van der Waals surface area contributed by atoms with Gasteiger partial charge in [0.25, 0.3) is 0 Å². The Morgan fingerprint density at radius 1 is 1.38 bits per heavy atom. The maximum Gasteiger partial charge on any atom is 0.347 e. The van der Waals surface area contributed by atoms with Crippen molar-refractivity contribution in [2.75, 3.05) is 0 Å². The van der Waals surface area contributed by atoms with Crippen molar-refractivity contribution in [1.82, 2.24) is 4.98 Å². The van der Waals surface area contributed by atoms with Crippen LogP contribution in [-0.2, 0) is 6.42 Å². The zero-order chi connectivity index (χ0) is 11.5. The number of benzene rings is 1. The maximum absolute atomic E-state index is 12.7. The monoisotopic (exact) mass is 237 g/mol. The Labute approximate surface area is 95.2 Å². The molecule has 0 unspecified atom stereocenters. The summed E-state index contributed by atoms with van der Waals surface area (Å²) < 4.78 is 12.7. The van der Waals surface area contributed by atoms with Crippen LogP contribution in [0.15, 0.2) is 29.8 Å². The van der Waals surface area contributed by atoms with Gasteiger partial charge in [-0.3, -0.25) is 0 Å². The summed E-state index contributed by atoms with van der Waals surface area (Å²) in [4.78, 5) is 15.1. The number of hydrogen-bond donors (Lipinski definition) is 1. The van der Waals surface area contributed by atoms with E-state index in [4.69, 9.17) is 5.11 Å². The van der Waals surface area contributed by atoms with E-state index < -0.39 is 5.97 Å². The lowest BCUT2D eigenvalue weighted by Crippen LogP contribution is -1.99. The molecule has 0 fully saturated rings. The van der Waals surface area contributed by atoms with E-state index in [-0.39, 0.29) is 10.7 Å². The summed E-state index contributed by atoms with van der Waals surface area (Å²) in [7, 11) is 0. The Balaban J connectivity index is 2.23. The number of thiazole rings is 1. The third-order valence-electron chi connectivity index (χ3n) is 2.12. The standard InChI is InChI=1S/C11H8FNO2S/c12-8-3-1-7(2-4-8)5-9-10(11(14)15)16-6-13-9/h1-4,6H,5H2,(H,14,15). The van der Waals surface area contributed by atoms with Crippen LogP contribution in [0.25, 0.3) is 0 Å². The summed E-state index contributed by atoms with van der Waals surface area (Å²) in [6.45, 7) is 0. The van der Waals surface area contributed by atoms with Crippen molar-refractivity contribution in [2.45, 2.75) is 6.42 Å². The molecule has 0 aliphatic carbocycles. The van der Waals surface area contributed by atoms with Crippen molar-refractivity contribution in [1.29, 1.82) is 0 Å². The molecule has 1 aromatic heterocycles. The Hall–Kier alpha value is -1.75. The molecular weight excluding hydrogens is 229 g/mol. The van der Waals surface area contributed by atoms with Crippen molar-refractivity contribution in [3.05, 3.63) is 51.7 Å². The van der Waals surface area contributed by atoms with E-state index >= 15 is 0 Å². The summed E-state index contributed by atoms with van der Waals surface area (Å²) in [6, 6.07) is 5.95. The van der Waals surface area contributed by atoms with Gasteiger partial charge in [-0.2, -0.15) is 0 Å². The van der Waals surface area contributed by atoms with Crippen LogP contribution in [0.2, 0.25) is 0 Å². The Morgan fingerprint density at radius 2 is 2.06 bits per heavy atom. The quantitative estimate of drug-likeness (QED) is 0.892. The van der Waals surface area contributed by atoms with Crippen molar-refractivity contribution < 1.29 is 14.3 Å². The smallest absolute Gasteiger partial charge is 0.347 e. The van der Waals surface area contributed by atoms with Gasteiger partial charge in [0.1, 0.15) is 10.7 Å². The van der Waals surface area contributed by atoms with E-state index in [0.717, 1.165) is 16.9 Å². The summed E-state index contributed by atoms with van der Waals surface area (Å²) in [5, 5.41) is 8.89. The number of halogens is 1. The molecule has 1 heterocycles. The van der Waals surface area contributed by atoms with E-state index in [1.165, 1.54) is 17.6 Å². The molecule has 0 amide bonds. The summed E-state index contributed by atoms with van der Waals surface area (Å²) >= 11 is 1.10. The lowest BCUT2D eigenvalue weighted by Gasteiger charge is -1.99. The molecule has 3 nitrogen and oxygen atoms in total. The third-order valence-corrected chi connectivity index (χ3v) is 2.98. The van der Waals surface area contributed by atoms with Crippen molar-refractivity contribution >= 4 is 17.3 Å². The Morgan fingerprint density at radius 3 is 2.69 bits per heavy atom. The Bertz CT molecular complexity index is 507. The largest absolute Gasteiger partial charge is 0.477 e. The predicted molar refractivity (Wildman–Crippen MR) is 58.3 cm³/mol. The highest BCUT2D eigenvalue weighted by molar-refractivity contribution is 7.11. The number of carboxylic acids is 1. The molecular formula is C11H8FNO2S. The molecule has 0 saturated carbocycles. The second-order valence-corrected chi connectivity index (χ2v) is 4.09. The van der Waals surface area contributed by atoms with Crippen molar-refractivity contribution in [2.24, 2.45) is 0 Å². The molecule has 0 radical (unpaired) electrons. The van der Waals surface area contributed by atoms with Crippen LogP contribution in [0.4, 0.5) is 4.39 Å². The van der Waals surface area contributed by atoms with Crippen LogP contribution in [0.5, 0.6) is 0 Å². The number of carboxylic acid groups (broad SMARTS) is 1. The molecule has 1 N–H and O–H groups in total. The average molecular weight is 237 g/mol. The SMILES string of the molecule is O=C(O)c1scnc1Cc1ccc(F)cc1. The molecule has 0 aliphatic rings. The zero-order valence-corrected chi connectivity index (χ0v) is 9.00. The van der Waals surface area contributed by atoms with Crippen LogP contribution in [0.3, 0.4) is 0 Å². The minimum absolute atomic E-state index is 0.240. The lowest BCUT2D eigenvalue weighted by atomic mass is 10.1. The van der Waals surface area contributed by atoms with Crippen LogP contribution < -0.4 is 0 Å². The fraction of sp³-hybridized carbons (Fsp3) is 0.0909. The van der Waals surface area contributed by atoms with Crippen LogP contribution in [0.1, 0.15) is 20.9 Å². The van der Waals surface area contributed by atoms with Crippen LogP contribution in [-0.4, -0.2) is 16.1 Å². The number of carbonyl (C=O) groups is 1. The molecule has 82 valence electrons. The predicted octanol–water partition coefficient (Wildman–Crippen LogP) is 2.57. The first-order valence-corrected chi connectivity index (χ1v) is 5.45. The molecule has 0 saturated heterocycles. The number of aromatic carboxylic acids is 1. The van der Waals surface area contributed by atoms with Gasteiger partial charge in [-0.1, -0.05) is 12.1 Å². The van der Waals surface area contributed by atoms with Gasteiger partial charge < -0.3 is 5.11 Å². The molecule has 2 rings (SSSR count). The minimum Gasteiger partial charge on any atom is -0.477 e. The summed E-state index contributed by atoms with van der Waals surface area (Å²) in [5.74, 6) is -1.28. The molecule has 0 bridgehead atoms. The van der Waals surface area contributed by atoms with E-state index in [1.807, 2.05) is 0 Å². The van der Waals surface area contributed by atoms with Crippen molar-refractivity contribution in [3.8, 4) is 0 Å². The molecule has 2 aromatic rings. The molecule has 0 aliphatic heterocycles. The van der Waals surface area contributed by atoms with Gasteiger partial charge in [-0.15, -0.1) is 11.3 Å². The fourth-order valence-electron chi connectivity index (χ4n) is 1.36. The first-order chi connectivity index (χ1) is 7.66. The minimum atomic E-state index is -0.973. The third kappa shape index (κ3) is 2.25. The van der Waals surface area contributed by atoms with E-state index in [1.54, 1.807) is 12.1 Å². The van der Waals surface area contributed by atoms with Gasteiger partial charge in [0.2, 0.25) is 0 Å². The van der Waals surface area contributed by atoms with Crippen molar-refractivity contribution in [3.63, 3.8) is 0 Å². The highest BCUT2D eigenvalue weighted by Crippen LogP contribution is 2.17. The van der Waals surface area contributed by atoms with Gasteiger partial charge in [0, 0.05) is 6.42 Å². The van der Waals surface area contributed by atoms with Gasteiger partial charge in [-0.25, -0.2) is 14.2 Å². The number of hydrogen-bond acceptors (Lipinski definition) is 3. The number of nitrogens with zero attached hydrogens (tertiary/aromatic N) is 1.